The number of hydrogen-bond acceptors (Lipinski definition) is 6. The van der Waals surface area contributed by atoms with Crippen molar-refractivity contribution in [1.82, 2.24) is 0 Å². The summed E-state index contributed by atoms with van der Waals surface area (Å²) >= 11 is 0. The number of fused-ring (bicyclic) bond motifs is 1. The Morgan fingerprint density at radius 1 is 1.23 bits per heavy atom. The van der Waals surface area contributed by atoms with Gasteiger partial charge in [-0.1, -0.05) is 30.3 Å². The molecular formula is C22H24N2O6. The van der Waals surface area contributed by atoms with Crippen LogP contribution in [0.15, 0.2) is 42.5 Å². The van der Waals surface area contributed by atoms with Gasteiger partial charge in [0.1, 0.15) is 18.5 Å². The molecule has 0 fully saturated rings. The molecular weight excluding hydrogens is 388 g/mol. The maximum absolute atomic E-state index is 12.7. The third-order valence-electron chi connectivity index (χ3n) is 4.68. The summed E-state index contributed by atoms with van der Waals surface area (Å²) in [6.45, 7) is 5.60. The topological polar surface area (TPSA) is 99.0 Å². The van der Waals surface area contributed by atoms with Crippen molar-refractivity contribution in [2.24, 2.45) is 0 Å². The lowest BCUT2D eigenvalue weighted by molar-refractivity contribution is -0.386. The van der Waals surface area contributed by atoms with Crippen LogP contribution >= 0.6 is 0 Å². The van der Waals surface area contributed by atoms with E-state index >= 15 is 0 Å². The van der Waals surface area contributed by atoms with Gasteiger partial charge in [-0.2, -0.15) is 0 Å². The zero-order valence-corrected chi connectivity index (χ0v) is 17.2. The molecule has 1 unspecified atom stereocenters. The largest absolute Gasteiger partial charge is 0.482 e. The SMILES string of the molecule is CC(C)(C)OC(=O)N1CCC(C=O)c2c1ccc(OCc1ccccc1)c2[N+](=O)[O-]. The van der Waals surface area contributed by atoms with E-state index < -0.39 is 22.5 Å². The van der Waals surface area contributed by atoms with Crippen molar-refractivity contribution >= 4 is 23.8 Å². The van der Waals surface area contributed by atoms with E-state index in [1.807, 2.05) is 30.3 Å². The number of rotatable bonds is 5. The molecule has 2 aromatic carbocycles. The molecule has 1 atom stereocenters. The summed E-state index contributed by atoms with van der Waals surface area (Å²) in [5.74, 6) is -0.653. The van der Waals surface area contributed by atoms with Crippen LogP contribution < -0.4 is 9.64 Å². The molecule has 8 heteroatoms. The lowest BCUT2D eigenvalue weighted by Gasteiger charge is -2.33. The number of aldehydes is 1. The van der Waals surface area contributed by atoms with Crippen LogP contribution in [0.1, 0.15) is 44.2 Å². The number of nitro benzene ring substituents is 1. The van der Waals surface area contributed by atoms with E-state index in [0.29, 0.717) is 12.0 Å². The molecule has 1 aliphatic rings. The molecule has 0 spiro atoms. The summed E-state index contributed by atoms with van der Waals surface area (Å²) in [5.41, 5.74) is 0.313. The molecule has 0 aromatic heterocycles. The number of anilines is 1. The molecule has 0 aliphatic carbocycles. The lowest BCUT2D eigenvalue weighted by atomic mass is 9.89. The number of hydrogen-bond donors (Lipinski definition) is 0. The van der Waals surface area contributed by atoms with Crippen LogP contribution in [-0.4, -0.2) is 29.4 Å². The number of nitro groups is 1. The van der Waals surface area contributed by atoms with Crippen LogP contribution in [0.4, 0.5) is 16.2 Å². The molecule has 3 rings (SSSR count). The first-order chi connectivity index (χ1) is 14.2. The Kier molecular flexibility index (Phi) is 6.05. The van der Waals surface area contributed by atoms with Gasteiger partial charge in [0.05, 0.1) is 22.1 Å². The first kappa shape index (κ1) is 21.3. The molecule has 0 saturated carbocycles. The molecule has 0 saturated heterocycles. The van der Waals surface area contributed by atoms with Crippen molar-refractivity contribution in [3.8, 4) is 5.75 Å². The van der Waals surface area contributed by atoms with Crippen molar-refractivity contribution in [1.29, 1.82) is 0 Å². The minimum absolute atomic E-state index is 0.0560. The Hall–Kier alpha value is -3.42. The molecule has 0 radical (unpaired) electrons. The quantitative estimate of drug-likeness (QED) is 0.404. The molecule has 2 aromatic rings. The van der Waals surface area contributed by atoms with Gasteiger partial charge in [0.2, 0.25) is 0 Å². The van der Waals surface area contributed by atoms with Gasteiger partial charge in [-0.3, -0.25) is 15.0 Å². The fourth-order valence-electron chi connectivity index (χ4n) is 3.39. The summed E-state index contributed by atoms with van der Waals surface area (Å²) in [4.78, 5) is 37.1. The number of benzene rings is 2. The van der Waals surface area contributed by atoms with Crippen molar-refractivity contribution in [2.75, 3.05) is 11.4 Å². The average Bonchev–Trinajstić information content (AvgIpc) is 2.70. The first-order valence-electron chi connectivity index (χ1n) is 9.65. The number of carbonyl (C=O) groups excluding carboxylic acids is 2. The number of amides is 1. The normalized spacial score (nSPS) is 15.8. The number of nitrogens with zero attached hydrogens (tertiary/aromatic N) is 2. The maximum atomic E-state index is 12.7. The number of ether oxygens (including phenoxy) is 2. The van der Waals surface area contributed by atoms with Gasteiger partial charge >= 0.3 is 11.8 Å². The summed E-state index contributed by atoms with van der Waals surface area (Å²) in [6.07, 6.45) is 0.332. The van der Waals surface area contributed by atoms with E-state index in [-0.39, 0.29) is 36.6 Å². The predicted molar refractivity (Wildman–Crippen MR) is 111 cm³/mol. The van der Waals surface area contributed by atoms with Crippen molar-refractivity contribution in [3.05, 3.63) is 63.7 Å². The molecule has 1 amide bonds. The zero-order chi connectivity index (χ0) is 21.9. The van der Waals surface area contributed by atoms with Gasteiger partial charge in [0.25, 0.3) is 0 Å². The van der Waals surface area contributed by atoms with Crippen molar-refractivity contribution in [3.63, 3.8) is 0 Å². The van der Waals surface area contributed by atoms with E-state index in [1.54, 1.807) is 26.8 Å². The smallest absolute Gasteiger partial charge is 0.414 e. The van der Waals surface area contributed by atoms with Gasteiger partial charge in [0.15, 0.2) is 5.75 Å². The van der Waals surface area contributed by atoms with Gasteiger partial charge < -0.3 is 14.3 Å². The average molecular weight is 412 g/mol. The van der Waals surface area contributed by atoms with E-state index in [9.17, 15) is 19.7 Å². The molecule has 0 bridgehead atoms. The summed E-state index contributed by atoms with van der Waals surface area (Å²) in [7, 11) is 0. The Morgan fingerprint density at radius 3 is 2.53 bits per heavy atom. The molecule has 30 heavy (non-hydrogen) atoms. The van der Waals surface area contributed by atoms with Crippen LogP contribution in [0.3, 0.4) is 0 Å². The van der Waals surface area contributed by atoms with Gasteiger partial charge in [-0.05, 0) is 44.9 Å². The Balaban J connectivity index is 2.02. The van der Waals surface area contributed by atoms with Gasteiger partial charge in [-0.25, -0.2) is 4.79 Å². The second kappa shape index (κ2) is 8.52. The third kappa shape index (κ3) is 4.59. The van der Waals surface area contributed by atoms with Crippen molar-refractivity contribution in [2.45, 2.75) is 45.3 Å². The second-order valence-corrected chi connectivity index (χ2v) is 8.04. The highest BCUT2D eigenvalue weighted by atomic mass is 16.6. The van der Waals surface area contributed by atoms with E-state index in [2.05, 4.69) is 0 Å². The van der Waals surface area contributed by atoms with Crippen LogP contribution in [0, 0.1) is 10.1 Å². The monoisotopic (exact) mass is 412 g/mol. The van der Waals surface area contributed by atoms with Crippen LogP contribution in [0.2, 0.25) is 0 Å². The zero-order valence-electron chi connectivity index (χ0n) is 17.2. The predicted octanol–water partition coefficient (Wildman–Crippen LogP) is 4.60. The maximum Gasteiger partial charge on any atom is 0.414 e. The first-order valence-corrected chi connectivity index (χ1v) is 9.65. The molecule has 8 nitrogen and oxygen atoms in total. The number of carbonyl (C=O) groups is 2. The minimum Gasteiger partial charge on any atom is -0.482 e. The summed E-state index contributed by atoms with van der Waals surface area (Å²) in [5, 5.41) is 11.9. The highest BCUT2D eigenvalue weighted by Crippen LogP contribution is 2.45. The second-order valence-electron chi connectivity index (χ2n) is 8.04. The standard InChI is InChI=1S/C22H24N2O6/c1-22(2,3)30-21(26)23-12-11-16(13-25)19-17(23)9-10-18(20(19)24(27)28)29-14-15-7-5-4-6-8-15/h4-10,13,16H,11-12,14H2,1-3H3. The van der Waals surface area contributed by atoms with Crippen LogP contribution in [-0.2, 0) is 16.1 Å². The minimum atomic E-state index is -0.719. The van der Waals surface area contributed by atoms with E-state index in [1.165, 1.54) is 11.0 Å². The molecule has 1 heterocycles. The molecule has 1 aliphatic heterocycles. The Morgan fingerprint density at radius 2 is 1.93 bits per heavy atom. The third-order valence-corrected chi connectivity index (χ3v) is 4.68. The van der Waals surface area contributed by atoms with Gasteiger partial charge in [0, 0.05) is 6.54 Å². The fraction of sp³-hybridized carbons (Fsp3) is 0.364. The van der Waals surface area contributed by atoms with E-state index in [0.717, 1.165) is 5.56 Å². The van der Waals surface area contributed by atoms with Crippen molar-refractivity contribution < 1.29 is 24.0 Å². The van der Waals surface area contributed by atoms with Crippen LogP contribution in [0.25, 0.3) is 0 Å². The highest BCUT2D eigenvalue weighted by Gasteiger charge is 2.38. The summed E-state index contributed by atoms with van der Waals surface area (Å²) < 4.78 is 11.2. The fourth-order valence-corrected chi connectivity index (χ4v) is 3.39. The van der Waals surface area contributed by atoms with Crippen LogP contribution in [0.5, 0.6) is 5.75 Å². The van der Waals surface area contributed by atoms with E-state index in [4.69, 9.17) is 9.47 Å². The highest BCUT2D eigenvalue weighted by molar-refractivity contribution is 5.93. The Labute approximate surface area is 174 Å². The summed E-state index contributed by atoms with van der Waals surface area (Å²) in [6, 6.07) is 12.3. The lowest BCUT2D eigenvalue weighted by Crippen LogP contribution is -2.41. The molecule has 158 valence electrons. The molecule has 0 N–H and O–H groups in total. The van der Waals surface area contributed by atoms with Gasteiger partial charge in [-0.15, -0.1) is 0 Å². The Bertz CT molecular complexity index is 952.